The maximum absolute atomic E-state index is 12.0. The van der Waals surface area contributed by atoms with Crippen LogP contribution < -0.4 is 14.8 Å². The summed E-state index contributed by atoms with van der Waals surface area (Å²) in [5.74, 6) is 0.620. The number of nitro groups is 1. The molecule has 7 heteroatoms. The Morgan fingerprint density at radius 3 is 2.71 bits per heavy atom. The number of nitrogens with one attached hydrogen (secondary N) is 1. The van der Waals surface area contributed by atoms with Gasteiger partial charge < -0.3 is 14.8 Å². The van der Waals surface area contributed by atoms with Gasteiger partial charge >= 0.3 is 0 Å². The number of benzene rings is 2. The molecule has 7 nitrogen and oxygen atoms in total. The third-order valence-electron chi connectivity index (χ3n) is 3.38. The molecule has 0 saturated heterocycles. The first kappa shape index (κ1) is 17.3. The maximum atomic E-state index is 12.0. The van der Waals surface area contributed by atoms with E-state index >= 15 is 0 Å². The maximum Gasteiger partial charge on any atom is 0.273 e. The van der Waals surface area contributed by atoms with E-state index in [1.807, 2.05) is 31.2 Å². The summed E-state index contributed by atoms with van der Waals surface area (Å²) in [6, 6.07) is 12.8. The van der Waals surface area contributed by atoms with Crippen molar-refractivity contribution in [2.45, 2.75) is 13.0 Å². The largest absolute Gasteiger partial charge is 0.496 e. The number of nitrogens with zero attached hydrogens (tertiary/aromatic N) is 1. The van der Waals surface area contributed by atoms with Gasteiger partial charge in [-0.3, -0.25) is 14.9 Å². The Labute approximate surface area is 139 Å². The predicted molar refractivity (Wildman–Crippen MR) is 88.1 cm³/mol. The summed E-state index contributed by atoms with van der Waals surface area (Å²) in [6.07, 6.45) is 0. The molecule has 0 aliphatic heterocycles. The van der Waals surface area contributed by atoms with Crippen LogP contribution in [0.25, 0.3) is 0 Å². The van der Waals surface area contributed by atoms with Gasteiger partial charge in [0.15, 0.2) is 6.61 Å². The molecule has 2 aromatic rings. The SMILES string of the molecule is COc1ccccc1C(C)NC(=O)COc1cccc([N+](=O)[O-])c1. The van der Waals surface area contributed by atoms with Gasteiger partial charge in [0.25, 0.3) is 11.6 Å². The summed E-state index contributed by atoms with van der Waals surface area (Å²) < 4.78 is 10.6. The number of methoxy groups -OCH3 is 1. The van der Waals surface area contributed by atoms with Gasteiger partial charge in [-0.1, -0.05) is 24.3 Å². The Morgan fingerprint density at radius 2 is 2.00 bits per heavy atom. The Balaban J connectivity index is 1.93. The molecule has 0 aromatic heterocycles. The lowest BCUT2D eigenvalue weighted by molar-refractivity contribution is -0.384. The molecule has 1 atom stereocenters. The highest BCUT2D eigenvalue weighted by Crippen LogP contribution is 2.24. The number of amides is 1. The van der Waals surface area contributed by atoms with Crippen molar-refractivity contribution in [2.24, 2.45) is 0 Å². The van der Waals surface area contributed by atoms with Crippen LogP contribution in [0.4, 0.5) is 5.69 Å². The molecule has 0 heterocycles. The van der Waals surface area contributed by atoms with Crippen molar-refractivity contribution in [3.05, 3.63) is 64.2 Å². The van der Waals surface area contributed by atoms with Gasteiger partial charge in [0.2, 0.25) is 0 Å². The molecule has 2 aromatic carbocycles. The lowest BCUT2D eigenvalue weighted by Crippen LogP contribution is -2.31. The number of carbonyl (C=O) groups is 1. The molecule has 1 amide bonds. The Morgan fingerprint density at radius 1 is 1.25 bits per heavy atom. The monoisotopic (exact) mass is 330 g/mol. The van der Waals surface area contributed by atoms with E-state index < -0.39 is 4.92 Å². The van der Waals surface area contributed by atoms with E-state index in [4.69, 9.17) is 9.47 Å². The van der Waals surface area contributed by atoms with Crippen LogP contribution in [0.15, 0.2) is 48.5 Å². The van der Waals surface area contributed by atoms with Crippen LogP contribution in [-0.4, -0.2) is 24.5 Å². The smallest absolute Gasteiger partial charge is 0.273 e. The van der Waals surface area contributed by atoms with Crippen molar-refractivity contribution < 1.29 is 19.2 Å². The number of hydrogen-bond donors (Lipinski definition) is 1. The first-order valence-electron chi connectivity index (χ1n) is 7.31. The zero-order valence-corrected chi connectivity index (χ0v) is 13.4. The Hall–Kier alpha value is -3.09. The molecule has 0 aliphatic carbocycles. The van der Waals surface area contributed by atoms with Crippen molar-refractivity contribution in [3.8, 4) is 11.5 Å². The van der Waals surface area contributed by atoms with Gasteiger partial charge in [0.05, 0.1) is 24.1 Å². The molecule has 2 rings (SSSR count). The number of ether oxygens (including phenoxy) is 2. The van der Waals surface area contributed by atoms with Crippen molar-refractivity contribution in [2.75, 3.05) is 13.7 Å². The third kappa shape index (κ3) is 4.45. The molecule has 0 spiro atoms. The van der Waals surface area contributed by atoms with Crippen molar-refractivity contribution in [1.82, 2.24) is 5.32 Å². The highest BCUT2D eigenvalue weighted by molar-refractivity contribution is 5.78. The van der Waals surface area contributed by atoms with E-state index in [2.05, 4.69) is 5.32 Å². The summed E-state index contributed by atoms with van der Waals surface area (Å²) in [6.45, 7) is 1.60. The second kappa shape index (κ2) is 7.96. The predicted octanol–water partition coefficient (Wildman–Crippen LogP) is 2.86. The Kier molecular flexibility index (Phi) is 5.73. The van der Waals surface area contributed by atoms with Crippen molar-refractivity contribution >= 4 is 11.6 Å². The third-order valence-corrected chi connectivity index (χ3v) is 3.38. The molecule has 24 heavy (non-hydrogen) atoms. The summed E-state index contributed by atoms with van der Waals surface area (Å²) >= 11 is 0. The summed E-state index contributed by atoms with van der Waals surface area (Å²) in [4.78, 5) is 22.2. The number of nitro benzene ring substituents is 1. The van der Waals surface area contributed by atoms with Gasteiger partial charge in [0, 0.05) is 11.6 Å². The molecule has 126 valence electrons. The highest BCUT2D eigenvalue weighted by Gasteiger charge is 2.14. The fourth-order valence-electron chi connectivity index (χ4n) is 2.22. The minimum absolute atomic E-state index is 0.0877. The lowest BCUT2D eigenvalue weighted by atomic mass is 10.1. The molecule has 0 saturated carbocycles. The number of carbonyl (C=O) groups excluding carboxylic acids is 1. The quantitative estimate of drug-likeness (QED) is 0.622. The fraction of sp³-hybridized carbons (Fsp3) is 0.235. The lowest BCUT2D eigenvalue weighted by Gasteiger charge is -2.17. The topological polar surface area (TPSA) is 90.7 Å². The molecular formula is C17H18N2O5. The summed E-state index contributed by atoms with van der Waals surface area (Å²) in [5, 5.41) is 13.5. The molecule has 0 radical (unpaired) electrons. The molecule has 0 aliphatic rings. The number of non-ortho nitro benzene ring substituents is 1. The molecule has 1 N–H and O–H groups in total. The van der Waals surface area contributed by atoms with E-state index in [-0.39, 0.29) is 30.0 Å². The van der Waals surface area contributed by atoms with Gasteiger partial charge in [-0.05, 0) is 19.1 Å². The number of hydrogen-bond acceptors (Lipinski definition) is 5. The average Bonchev–Trinajstić information content (AvgIpc) is 2.60. The van der Waals surface area contributed by atoms with Crippen molar-refractivity contribution in [3.63, 3.8) is 0 Å². The Bertz CT molecular complexity index is 732. The van der Waals surface area contributed by atoms with Crippen LogP contribution in [0.1, 0.15) is 18.5 Å². The normalized spacial score (nSPS) is 11.4. The average molecular weight is 330 g/mol. The molecule has 0 bridgehead atoms. The van der Waals surface area contributed by atoms with Gasteiger partial charge in [-0.2, -0.15) is 0 Å². The van der Waals surface area contributed by atoms with Gasteiger partial charge in [-0.15, -0.1) is 0 Å². The van der Waals surface area contributed by atoms with Crippen LogP contribution in [0.5, 0.6) is 11.5 Å². The van der Waals surface area contributed by atoms with Crippen LogP contribution in [0.2, 0.25) is 0 Å². The van der Waals surface area contributed by atoms with Crippen molar-refractivity contribution in [1.29, 1.82) is 0 Å². The van der Waals surface area contributed by atoms with Gasteiger partial charge in [0.1, 0.15) is 11.5 Å². The van der Waals surface area contributed by atoms with Crippen LogP contribution >= 0.6 is 0 Å². The molecule has 0 fully saturated rings. The number of rotatable bonds is 7. The van der Waals surface area contributed by atoms with E-state index in [0.717, 1.165) is 5.56 Å². The standard InChI is InChI=1S/C17H18N2O5/c1-12(15-8-3-4-9-16(15)23-2)18-17(20)11-24-14-7-5-6-13(10-14)19(21)22/h3-10,12H,11H2,1-2H3,(H,18,20). The van der Waals surface area contributed by atoms with E-state index in [1.165, 1.54) is 18.2 Å². The first-order chi connectivity index (χ1) is 11.5. The number of para-hydroxylation sites is 1. The van der Waals surface area contributed by atoms with E-state index in [0.29, 0.717) is 5.75 Å². The fourth-order valence-corrected chi connectivity index (χ4v) is 2.22. The zero-order valence-electron chi connectivity index (χ0n) is 13.4. The second-order valence-electron chi connectivity index (χ2n) is 5.07. The van der Waals surface area contributed by atoms with Gasteiger partial charge in [-0.25, -0.2) is 0 Å². The summed E-state index contributed by atoms with van der Waals surface area (Å²) in [5.41, 5.74) is 0.763. The second-order valence-corrected chi connectivity index (χ2v) is 5.07. The minimum atomic E-state index is -0.517. The molecule has 1 unspecified atom stereocenters. The first-order valence-corrected chi connectivity index (χ1v) is 7.31. The van der Waals surface area contributed by atoms with E-state index in [9.17, 15) is 14.9 Å². The van der Waals surface area contributed by atoms with Crippen LogP contribution in [0, 0.1) is 10.1 Å². The minimum Gasteiger partial charge on any atom is -0.496 e. The molecular weight excluding hydrogens is 312 g/mol. The summed E-state index contributed by atoms with van der Waals surface area (Å²) in [7, 11) is 1.57. The van der Waals surface area contributed by atoms with E-state index in [1.54, 1.807) is 13.2 Å². The van der Waals surface area contributed by atoms with Crippen LogP contribution in [-0.2, 0) is 4.79 Å². The zero-order chi connectivity index (χ0) is 17.5. The van der Waals surface area contributed by atoms with Crippen LogP contribution in [0.3, 0.4) is 0 Å². The highest BCUT2D eigenvalue weighted by atomic mass is 16.6.